The number of nitrogens with zero attached hydrogens (tertiary/aromatic N) is 2. The van der Waals surface area contributed by atoms with Gasteiger partial charge in [0.25, 0.3) is 0 Å². The van der Waals surface area contributed by atoms with E-state index < -0.39 is 0 Å². The van der Waals surface area contributed by atoms with Crippen LogP contribution in [0.5, 0.6) is 0 Å². The van der Waals surface area contributed by atoms with Crippen molar-refractivity contribution in [2.24, 2.45) is 0 Å². The Morgan fingerprint density at radius 3 is 2.79 bits per heavy atom. The molecule has 5 nitrogen and oxygen atoms in total. The molecule has 0 aliphatic heterocycles. The highest BCUT2D eigenvalue weighted by Crippen LogP contribution is 1.92. The first-order valence-corrected chi connectivity index (χ1v) is 4.39. The Kier molecular flexibility index (Phi) is 5.06. The van der Waals surface area contributed by atoms with E-state index >= 15 is 0 Å². The van der Waals surface area contributed by atoms with E-state index in [0.717, 1.165) is 5.69 Å². The van der Waals surface area contributed by atoms with Gasteiger partial charge in [-0.05, 0) is 12.1 Å². The summed E-state index contributed by atoms with van der Waals surface area (Å²) in [5.41, 5.74) is 0.901. The van der Waals surface area contributed by atoms with E-state index in [-0.39, 0.29) is 6.29 Å². The summed E-state index contributed by atoms with van der Waals surface area (Å²) in [5.74, 6) is 0. The Labute approximate surface area is 83.4 Å². The SMILES string of the molecule is COC(CNCc1cccnn1)OC. The van der Waals surface area contributed by atoms with Crippen molar-refractivity contribution in [3.8, 4) is 0 Å². The summed E-state index contributed by atoms with van der Waals surface area (Å²) in [4.78, 5) is 0. The van der Waals surface area contributed by atoms with Gasteiger partial charge in [-0.1, -0.05) is 0 Å². The molecule has 0 amide bonds. The molecular formula is C9H15N3O2. The van der Waals surface area contributed by atoms with E-state index in [1.807, 2.05) is 12.1 Å². The number of hydrogen-bond acceptors (Lipinski definition) is 5. The molecule has 0 fully saturated rings. The first-order chi connectivity index (χ1) is 6.86. The minimum absolute atomic E-state index is 0.216. The Bertz CT molecular complexity index is 239. The average Bonchev–Trinajstić information content (AvgIpc) is 2.26. The van der Waals surface area contributed by atoms with Gasteiger partial charge in [-0.2, -0.15) is 10.2 Å². The molecule has 0 saturated carbocycles. The van der Waals surface area contributed by atoms with Crippen molar-refractivity contribution in [2.45, 2.75) is 12.8 Å². The second-order valence-electron chi connectivity index (χ2n) is 2.75. The molecule has 0 aliphatic rings. The number of methoxy groups -OCH3 is 2. The largest absolute Gasteiger partial charge is 0.355 e. The maximum absolute atomic E-state index is 5.02. The molecule has 78 valence electrons. The summed E-state index contributed by atoms with van der Waals surface area (Å²) < 4.78 is 10.0. The van der Waals surface area contributed by atoms with Crippen LogP contribution in [0.2, 0.25) is 0 Å². The van der Waals surface area contributed by atoms with Gasteiger partial charge in [-0.15, -0.1) is 0 Å². The van der Waals surface area contributed by atoms with Crippen LogP contribution in [0.25, 0.3) is 0 Å². The maximum atomic E-state index is 5.02. The van der Waals surface area contributed by atoms with E-state index in [2.05, 4.69) is 15.5 Å². The number of ether oxygens (including phenoxy) is 2. The van der Waals surface area contributed by atoms with Gasteiger partial charge in [0.1, 0.15) is 0 Å². The van der Waals surface area contributed by atoms with E-state index in [1.165, 1.54) is 0 Å². The molecule has 1 rings (SSSR count). The fourth-order valence-corrected chi connectivity index (χ4v) is 1.01. The predicted molar refractivity (Wildman–Crippen MR) is 51.5 cm³/mol. The highest BCUT2D eigenvalue weighted by Gasteiger charge is 2.03. The molecule has 0 unspecified atom stereocenters. The van der Waals surface area contributed by atoms with Gasteiger partial charge in [0.05, 0.1) is 5.69 Å². The van der Waals surface area contributed by atoms with E-state index in [0.29, 0.717) is 13.1 Å². The summed E-state index contributed by atoms with van der Waals surface area (Å²) in [5, 5.41) is 10.9. The van der Waals surface area contributed by atoms with Gasteiger partial charge in [0, 0.05) is 33.5 Å². The third-order valence-electron chi connectivity index (χ3n) is 1.77. The highest BCUT2D eigenvalue weighted by atomic mass is 16.7. The zero-order valence-corrected chi connectivity index (χ0v) is 8.43. The van der Waals surface area contributed by atoms with Crippen molar-refractivity contribution in [2.75, 3.05) is 20.8 Å². The predicted octanol–water partition coefficient (Wildman–Crippen LogP) is 0.185. The first-order valence-electron chi connectivity index (χ1n) is 4.39. The number of aromatic nitrogens is 2. The monoisotopic (exact) mass is 197 g/mol. The fourth-order valence-electron chi connectivity index (χ4n) is 1.01. The molecule has 1 N–H and O–H groups in total. The molecule has 5 heteroatoms. The molecule has 0 saturated heterocycles. The van der Waals surface area contributed by atoms with Crippen molar-refractivity contribution >= 4 is 0 Å². The second-order valence-corrected chi connectivity index (χ2v) is 2.75. The lowest BCUT2D eigenvalue weighted by Gasteiger charge is -2.13. The average molecular weight is 197 g/mol. The highest BCUT2D eigenvalue weighted by molar-refractivity contribution is 4.98. The van der Waals surface area contributed by atoms with Gasteiger partial charge in [-0.25, -0.2) is 0 Å². The van der Waals surface area contributed by atoms with Gasteiger partial charge < -0.3 is 14.8 Å². The van der Waals surface area contributed by atoms with Crippen LogP contribution in [-0.2, 0) is 16.0 Å². The topological polar surface area (TPSA) is 56.3 Å². The van der Waals surface area contributed by atoms with E-state index in [9.17, 15) is 0 Å². The zero-order valence-electron chi connectivity index (χ0n) is 8.43. The van der Waals surface area contributed by atoms with Crippen LogP contribution in [-0.4, -0.2) is 37.3 Å². The minimum atomic E-state index is -0.216. The Morgan fingerprint density at radius 1 is 1.43 bits per heavy atom. The standard InChI is InChI=1S/C9H15N3O2/c1-13-9(14-2)7-10-6-8-4-3-5-11-12-8/h3-5,9-10H,6-7H2,1-2H3. The third-order valence-corrected chi connectivity index (χ3v) is 1.77. The summed E-state index contributed by atoms with van der Waals surface area (Å²) in [6.07, 6.45) is 1.43. The molecule has 0 bridgehead atoms. The lowest BCUT2D eigenvalue weighted by molar-refractivity contribution is -0.0989. The molecule has 14 heavy (non-hydrogen) atoms. The first kappa shape index (κ1) is 11.0. The molecule has 0 spiro atoms. The zero-order chi connectivity index (χ0) is 10.2. The number of rotatable bonds is 6. The van der Waals surface area contributed by atoms with Crippen molar-refractivity contribution < 1.29 is 9.47 Å². The van der Waals surface area contributed by atoms with Gasteiger partial charge in [0.2, 0.25) is 0 Å². The van der Waals surface area contributed by atoms with Crippen molar-refractivity contribution in [1.82, 2.24) is 15.5 Å². The minimum Gasteiger partial charge on any atom is -0.355 e. The lowest BCUT2D eigenvalue weighted by atomic mass is 10.4. The summed E-state index contributed by atoms with van der Waals surface area (Å²) >= 11 is 0. The molecule has 0 aromatic carbocycles. The quantitative estimate of drug-likeness (QED) is 0.659. The fraction of sp³-hybridized carbons (Fsp3) is 0.556. The van der Waals surface area contributed by atoms with Crippen molar-refractivity contribution in [1.29, 1.82) is 0 Å². The molecule has 1 heterocycles. The molecule has 0 aliphatic carbocycles. The van der Waals surface area contributed by atoms with Crippen LogP contribution >= 0.6 is 0 Å². The van der Waals surface area contributed by atoms with E-state index in [1.54, 1.807) is 20.4 Å². The molecule has 1 aromatic heterocycles. The van der Waals surface area contributed by atoms with Crippen LogP contribution in [0.1, 0.15) is 5.69 Å². The van der Waals surface area contributed by atoms with E-state index in [4.69, 9.17) is 9.47 Å². The smallest absolute Gasteiger partial charge is 0.169 e. The molecule has 0 radical (unpaired) electrons. The Hall–Kier alpha value is -1.04. The van der Waals surface area contributed by atoms with Crippen LogP contribution in [0.4, 0.5) is 0 Å². The van der Waals surface area contributed by atoms with Gasteiger partial charge >= 0.3 is 0 Å². The van der Waals surface area contributed by atoms with Gasteiger partial charge in [-0.3, -0.25) is 0 Å². The third kappa shape index (κ3) is 3.78. The van der Waals surface area contributed by atoms with Crippen LogP contribution < -0.4 is 5.32 Å². The summed E-state index contributed by atoms with van der Waals surface area (Å²) in [7, 11) is 3.22. The Morgan fingerprint density at radius 2 is 2.21 bits per heavy atom. The summed E-state index contributed by atoms with van der Waals surface area (Å²) in [6.45, 7) is 1.29. The normalized spacial score (nSPS) is 10.8. The Balaban J connectivity index is 2.21. The molecule has 0 atom stereocenters. The summed E-state index contributed by atoms with van der Waals surface area (Å²) in [6, 6.07) is 3.77. The van der Waals surface area contributed by atoms with Crippen LogP contribution in [0.15, 0.2) is 18.3 Å². The van der Waals surface area contributed by atoms with Crippen LogP contribution in [0.3, 0.4) is 0 Å². The maximum Gasteiger partial charge on any atom is 0.169 e. The lowest BCUT2D eigenvalue weighted by Crippen LogP contribution is -2.29. The second kappa shape index (κ2) is 6.42. The molecular weight excluding hydrogens is 182 g/mol. The molecule has 1 aromatic rings. The van der Waals surface area contributed by atoms with Gasteiger partial charge in [0.15, 0.2) is 6.29 Å². The number of nitrogens with one attached hydrogen (secondary N) is 1. The van der Waals surface area contributed by atoms with Crippen molar-refractivity contribution in [3.63, 3.8) is 0 Å². The van der Waals surface area contributed by atoms with Crippen LogP contribution in [0, 0.1) is 0 Å². The number of hydrogen-bond donors (Lipinski definition) is 1. The van der Waals surface area contributed by atoms with Crippen molar-refractivity contribution in [3.05, 3.63) is 24.0 Å².